The molecular weight excluding hydrogens is 296 g/mol. The van der Waals surface area contributed by atoms with Crippen LogP contribution in [0.1, 0.15) is 19.4 Å². The van der Waals surface area contributed by atoms with Crippen molar-refractivity contribution in [2.24, 2.45) is 0 Å². The highest BCUT2D eigenvalue weighted by Crippen LogP contribution is 2.15. The second-order valence-electron chi connectivity index (χ2n) is 5.59. The maximum Gasteiger partial charge on any atom is 0.409 e. The Hall–Kier alpha value is -2.24. The molecule has 23 heavy (non-hydrogen) atoms. The van der Waals surface area contributed by atoms with E-state index >= 15 is 0 Å². The van der Waals surface area contributed by atoms with Gasteiger partial charge in [-0.15, -0.1) is 0 Å². The molecule has 1 fully saturated rings. The van der Waals surface area contributed by atoms with E-state index in [4.69, 9.17) is 9.47 Å². The standard InChI is InChI=1S/C17H24N2O4/c1-4-22-17(21)19-10-8-18(9-11-19)16(20)14(3)23-15-7-5-6-13(2)12-15/h5-7,12,14H,4,8-11H2,1-3H3/t14-/m0/s1. The molecule has 1 aliphatic heterocycles. The Bertz CT molecular complexity index is 553. The van der Waals surface area contributed by atoms with Crippen LogP contribution in [0.4, 0.5) is 4.79 Å². The molecule has 1 aromatic carbocycles. The largest absolute Gasteiger partial charge is 0.481 e. The molecule has 1 aromatic rings. The molecule has 0 unspecified atom stereocenters. The minimum atomic E-state index is -0.550. The van der Waals surface area contributed by atoms with Crippen LogP contribution in [-0.2, 0) is 9.53 Å². The number of hydrogen-bond donors (Lipinski definition) is 0. The number of amides is 2. The summed E-state index contributed by atoms with van der Waals surface area (Å²) in [6.45, 7) is 7.85. The molecule has 0 aliphatic carbocycles. The Morgan fingerprint density at radius 1 is 1.17 bits per heavy atom. The first-order chi connectivity index (χ1) is 11.0. The molecule has 2 amide bonds. The van der Waals surface area contributed by atoms with Crippen LogP contribution < -0.4 is 4.74 Å². The molecule has 1 atom stereocenters. The third-order valence-electron chi connectivity index (χ3n) is 3.77. The van der Waals surface area contributed by atoms with Gasteiger partial charge in [-0.25, -0.2) is 4.79 Å². The van der Waals surface area contributed by atoms with Crippen molar-refractivity contribution in [1.29, 1.82) is 0 Å². The number of carbonyl (C=O) groups is 2. The van der Waals surface area contributed by atoms with Crippen LogP contribution >= 0.6 is 0 Å². The molecule has 0 bridgehead atoms. The molecule has 0 aromatic heterocycles. The minimum Gasteiger partial charge on any atom is -0.481 e. The van der Waals surface area contributed by atoms with Gasteiger partial charge < -0.3 is 19.3 Å². The zero-order valence-electron chi connectivity index (χ0n) is 13.9. The van der Waals surface area contributed by atoms with Gasteiger partial charge >= 0.3 is 6.09 Å². The topological polar surface area (TPSA) is 59.1 Å². The Kier molecular flexibility index (Phi) is 5.84. The average Bonchev–Trinajstić information content (AvgIpc) is 2.54. The monoisotopic (exact) mass is 320 g/mol. The fourth-order valence-electron chi connectivity index (χ4n) is 2.52. The van der Waals surface area contributed by atoms with Gasteiger partial charge in [0, 0.05) is 26.2 Å². The second-order valence-corrected chi connectivity index (χ2v) is 5.59. The Labute approximate surface area is 137 Å². The van der Waals surface area contributed by atoms with Crippen molar-refractivity contribution in [3.63, 3.8) is 0 Å². The molecule has 0 N–H and O–H groups in total. The van der Waals surface area contributed by atoms with E-state index in [0.717, 1.165) is 5.56 Å². The Morgan fingerprint density at radius 2 is 1.83 bits per heavy atom. The molecule has 0 spiro atoms. The van der Waals surface area contributed by atoms with Crippen LogP contribution in [0, 0.1) is 6.92 Å². The van der Waals surface area contributed by atoms with E-state index in [1.165, 1.54) is 0 Å². The quantitative estimate of drug-likeness (QED) is 0.852. The lowest BCUT2D eigenvalue weighted by atomic mass is 10.2. The number of hydrogen-bond acceptors (Lipinski definition) is 4. The highest BCUT2D eigenvalue weighted by atomic mass is 16.6. The van der Waals surface area contributed by atoms with Crippen molar-refractivity contribution in [1.82, 2.24) is 9.80 Å². The van der Waals surface area contributed by atoms with E-state index in [0.29, 0.717) is 38.5 Å². The van der Waals surface area contributed by atoms with Crippen LogP contribution in [0.5, 0.6) is 5.75 Å². The summed E-state index contributed by atoms with van der Waals surface area (Å²) in [6.07, 6.45) is -0.866. The second kappa shape index (κ2) is 7.85. The van der Waals surface area contributed by atoms with Crippen molar-refractivity contribution in [3.05, 3.63) is 29.8 Å². The van der Waals surface area contributed by atoms with E-state index in [1.54, 1.807) is 23.6 Å². The van der Waals surface area contributed by atoms with Gasteiger partial charge in [0.05, 0.1) is 6.61 Å². The van der Waals surface area contributed by atoms with Gasteiger partial charge in [0.15, 0.2) is 6.10 Å². The number of nitrogens with zero attached hydrogens (tertiary/aromatic N) is 2. The van der Waals surface area contributed by atoms with Gasteiger partial charge in [-0.2, -0.15) is 0 Å². The smallest absolute Gasteiger partial charge is 0.409 e. The van der Waals surface area contributed by atoms with Crippen LogP contribution in [0.25, 0.3) is 0 Å². The highest BCUT2D eigenvalue weighted by molar-refractivity contribution is 5.81. The molecule has 1 saturated heterocycles. The minimum absolute atomic E-state index is 0.0602. The van der Waals surface area contributed by atoms with Gasteiger partial charge in [-0.1, -0.05) is 12.1 Å². The maximum atomic E-state index is 12.5. The number of carbonyl (C=O) groups excluding carboxylic acids is 2. The van der Waals surface area contributed by atoms with Crippen molar-refractivity contribution in [2.75, 3.05) is 32.8 Å². The fourth-order valence-corrected chi connectivity index (χ4v) is 2.52. The van der Waals surface area contributed by atoms with Gasteiger partial charge in [-0.3, -0.25) is 4.79 Å². The molecule has 6 heteroatoms. The van der Waals surface area contributed by atoms with Crippen molar-refractivity contribution >= 4 is 12.0 Å². The van der Waals surface area contributed by atoms with Gasteiger partial charge in [0.25, 0.3) is 5.91 Å². The van der Waals surface area contributed by atoms with Crippen molar-refractivity contribution < 1.29 is 19.1 Å². The lowest BCUT2D eigenvalue weighted by molar-refractivity contribution is -0.139. The number of piperazine rings is 1. The third kappa shape index (κ3) is 4.61. The first-order valence-electron chi connectivity index (χ1n) is 7.95. The molecule has 6 nitrogen and oxygen atoms in total. The highest BCUT2D eigenvalue weighted by Gasteiger charge is 2.28. The lowest BCUT2D eigenvalue weighted by Gasteiger charge is -2.35. The summed E-state index contributed by atoms with van der Waals surface area (Å²) in [4.78, 5) is 27.5. The molecule has 0 radical (unpaired) electrons. The van der Waals surface area contributed by atoms with Crippen molar-refractivity contribution in [2.45, 2.75) is 26.9 Å². The lowest BCUT2D eigenvalue weighted by Crippen LogP contribution is -2.53. The summed E-state index contributed by atoms with van der Waals surface area (Å²) in [6, 6.07) is 7.63. The zero-order valence-corrected chi connectivity index (χ0v) is 13.9. The summed E-state index contributed by atoms with van der Waals surface area (Å²) in [5.41, 5.74) is 1.09. The fraction of sp³-hybridized carbons (Fsp3) is 0.529. The van der Waals surface area contributed by atoms with E-state index in [1.807, 2.05) is 31.2 Å². The summed E-state index contributed by atoms with van der Waals surface area (Å²) in [7, 11) is 0. The van der Waals surface area contributed by atoms with Crippen LogP contribution in [0.3, 0.4) is 0 Å². The summed E-state index contributed by atoms with van der Waals surface area (Å²) in [5.74, 6) is 0.631. The molecule has 0 saturated carbocycles. The van der Waals surface area contributed by atoms with Crippen LogP contribution in [0.2, 0.25) is 0 Å². The predicted molar refractivity (Wildman–Crippen MR) is 86.4 cm³/mol. The summed E-state index contributed by atoms with van der Waals surface area (Å²) >= 11 is 0. The van der Waals surface area contributed by atoms with Gasteiger partial charge in [-0.05, 0) is 38.5 Å². The van der Waals surface area contributed by atoms with E-state index in [-0.39, 0.29) is 12.0 Å². The van der Waals surface area contributed by atoms with E-state index in [9.17, 15) is 9.59 Å². The zero-order chi connectivity index (χ0) is 16.8. The molecular formula is C17H24N2O4. The number of benzene rings is 1. The maximum absolute atomic E-state index is 12.5. The van der Waals surface area contributed by atoms with E-state index in [2.05, 4.69) is 0 Å². The summed E-state index contributed by atoms with van der Waals surface area (Å²) < 4.78 is 10.7. The Balaban J connectivity index is 1.85. The normalized spacial score (nSPS) is 16.0. The molecule has 126 valence electrons. The SMILES string of the molecule is CCOC(=O)N1CCN(C(=O)[C@H](C)Oc2cccc(C)c2)CC1. The third-order valence-corrected chi connectivity index (χ3v) is 3.77. The molecule has 1 aliphatic rings. The first kappa shape index (κ1) is 17.1. The van der Waals surface area contributed by atoms with Crippen LogP contribution in [-0.4, -0.2) is 60.7 Å². The average molecular weight is 320 g/mol. The van der Waals surface area contributed by atoms with E-state index < -0.39 is 6.10 Å². The predicted octanol–water partition coefficient (Wildman–Crippen LogP) is 2.06. The molecule has 2 rings (SSSR count). The number of aryl methyl sites for hydroxylation is 1. The van der Waals surface area contributed by atoms with Gasteiger partial charge in [0.1, 0.15) is 5.75 Å². The summed E-state index contributed by atoms with van der Waals surface area (Å²) in [5, 5.41) is 0. The number of ether oxygens (including phenoxy) is 2. The van der Waals surface area contributed by atoms with Crippen LogP contribution in [0.15, 0.2) is 24.3 Å². The molecule has 1 heterocycles. The Morgan fingerprint density at radius 3 is 2.43 bits per heavy atom. The number of rotatable bonds is 4. The first-order valence-corrected chi connectivity index (χ1v) is 7.95. The van der Waals surface area contributed by atoms with Crippen molar-refractivity contribution in [3.8, 4) is 5.75 Å². The van der Waals surface area contributed by atoms with Gasteiger partial charge in [0.2, 0.25) is 0 Å².